The molecule has 0 amide bonds. The van der Waals surface area contributed by atoms with Gasteiger partial charge in [0.15, 0.2) is 0 Å². The Morgan fingerprint density at radius 1 is 1.44 bits per heavy atom. The van der Waals surface area contributed by atoms with Crippen LogP contribution >= 0.6 is 11.8 Å². The molecule has 1 fully saturated rings. The minimum absolute atomic E-state index is 0.0641. The summed E-state index contributed by atoms with van der Waals surface area (Å²) in [6, 6.07) is 1.70. The van der Waals surface area contributed by atoms with E-state index in [4.69, 9.17) is 0 Å². The average molecular weight is 238 g/mol. The van der Waals surface area contributed by atoms with E-state index in [9.17, 15) is 4.79 Å². The highest BCUT2D eigenvalue weighted by Gasteiger charge is 2.17. The van der Waals surface area contributed by atoms with Crippen molar-refractivity contribution in [1.29, 1.82) is 0 Å². The van der Waals surface area contributed by atoms with Crippen molar-refractivity contribution in [1.82, 2.24) is 10.2 Å². The van der Waals surface area contributed by atoms with Gasteiger partial charge in [0.2, 0.25) is 5.43 Å². The van der Waals surface area contributed by atoms with Crippen LogP contribution in [-0.2, 0) is 0 Å². The number of hydrogen-bond donors (Lipinski definition) is 1. The van der Waals surface area contributed by atoms with E-state index in [-0.39, 0.29) is 11.3 Å². The number of rotatable bonds is 3. The first kappa shape index (κ1) is 11.7. The van der Waals surface area contributed by atoms with Crippen molar-refractivity contribution in [2.24, 2.45) is 0 Å². The molecule has 0 saturated heterocycles. The summed E-state index contributed by atoms with van der Waals surface area (Å²) in [6.07, 6.45) is 5.16. The summed E-state index contributed by atoms with van der Waals surface area (Å²) in [5, 5.41) is 8.75. The van der Waals surface area contributed by atoms with E-state index in [0.29, 0.717) is 10.9 Å². The van der Waals surface area contributed by atoms with Gasteiger partial charge in [0.05, 0.1) is 5.03 Å². The maximum Gasteiger partial charge on any atom is 0.204 e. The molecule has 1 aliphatic rings. The first-order valence-corrected chi connectivity index (χ1v) is 6.81. The van der Waals surface area contributed by atoms with E-state index in [1.807, 2.05) is 13.8 Å². The summed E-state index contributed by atoms with van der Waals surface area (Å²) in [4.78, 5) is 11.8. The van der Waals surface area contributed by atoms with Gasteiger partial charge in [-0.05, 0) is 12.8 Å². The highest BCUT2D eigenvalue weighted by atomic mass is 32.2. The lowest BCUT2D eigenvalue weighted by Gasteiger charge is -2.09. The maximum atomic E-state index is 11.8. The third-order valence-corrected chi connectivity index (χ3v) is 4.21. The van der Waals surface area contributed by atoms with Gasteiger partial charge in [0.1, 0.15) is 5.69 Å². The Bertz CT molecular complexity index is 408. The van der Waals surface area contributed by atoms with E-state index in [2.05, 4.69) is 10.2 Å². The highest BCUT2D eigenvalue weighted by Crippen LogP contribution is 2.33. The Labute approximate surface area is 100 Å². The number of aromatic nitrogens is 2. The van der Waals surface area contributed by atoms with Crippen molar-refractivity contribution in [3.8, 4) is 0 Å². The lowest BCUT2D eigenvalue weighted by atomic mass is 10.1. The highest BCUT2D eigenvalue weighted by molar-refractivity contribution is 7.99. The van der Waals surface area contributed by atoms with E-state index in [0.717, 1.165) is 5.03 Å². The Kier molecular flexibility index (Phi) is 3.69. The number of H-pyrrole nitrogens is 1. The van der Waals surface area contributed by atoms with Gasteiger partial charge in [0, 0.05) is 17.2 Å². The third kappa shape index (κ3) is 2.67. The molecule has 2 rings (SSSR count). The standard InChI is InChI=1S/C12H18N2OS/c1-8(2)12-10(15)7-11(13-14-12)16-9-5-3-4-6-9/h7-9H,3-6H2,1-2H3,(H,13,15). The van der Waals surface area contributed by atoms with Crippen molar-refractivity contribution in [2.75, 3.05) is 0 Å². The van der Waals surface area contributed by atoms with Gasteiger partial charge in [0.25, 0.3) is 0 Å². The smallest absolute Gasteiger partial charge is 0.204 e. The van der Waals surface area contributed by atoms with Crippen molar-refractivity contribution in [3.05, 3.63) is 22.0 Å². The van der Waals surface area contributed by atoms with Crippen molar-refractivity contribution in [2.45, 2.75) is 55.7 Å². The molecule has 1 N–H and O–H groups in total. The summed E-state index contributed by atoms with van der Waals surface area (Å²) >= 11 is 1.77. The van der Waals surface area contributed by atoms with Gasteiger partial charge in [-0.1, -0.05) is 26.7 Å². The zero-order valence-electron chi connectivity index (χ0n) is 9.82. The number of thioether (sulfide) groups is 1. The van der Waals surface area contributed by atoms with Crippen LogP contribution in [0.3, 0.4) is 0 Å². The first-order chi connectivity index (χ1) is 7.66. The molecule has 0 aromatic carbocycles. The zero-order valence-corrected chi connectivity index (χ0v) is 10.6. The Morgan fingerprint density at radius 2 is 2.12 bits per heavy atom. The molecule has 1 saturated carbocycles. The van der Waals surface area contributed by atoms with Crippen LogP contribution in [0.2, 0.25) is 0 Å². The Hall–Kier alpha value is -0.770. The van der Waals surface area contributed by atoms with Crippen LogP contribution in [0.15, 0.2) is 15.9 Å². The Balaban J connectivity index is 2.11. The molecule has 3 nitrogen and oxygen atoms in total. The average Bonchev–Trinajstić information content (AvgIpc) is 2.70. The van der Waals surface area contributed by atoms with Crippen LogP contribution in [0, 0.1) is 0 Å². The van der Waals surface area contributed by atoms with Gasteiger partial charge in [-0.2, -0.15) is 5.10 Å². The van der Waals surface area contributed by atoms with Crippen LogP contribution in [0.5, 0.6) is 0 Å². The number of nitrogens with zero attached hydrogens (tertiary/aromatic N) is 1. The fourth-order valence-electron chi connectivity index (χ4n) is 2.06. The van der Waals surface area contributed by atoms with Crippen molar-refractivity contribution < 1.29 is 0 Å². The topological polar surface area (TPSA) is 45.8 Å². The Morgan fingerprint density at radius 3 is 2.69 bits per heavy atom. The van der Waals surface area contributed by atoms with Crippen molar-refractivity contribution >= 4 is 11.8 Å². The molecule has 88 valence electrons. The zero-order chi connectivity index (χ0) is 11.5. The molecule has 0 spiro atoms. The second-order valence-corrected chi connectivity index (χ2v) is 6.00. The largest absolute Gasteiger partial charge is 0.288 e. The van der Waals surface area contributed by atoms with Crippen LogP contribution in [0.4, 0.5) is 0 Å². The molecular weight excluding hydrogens is 220 g/mol. The number of aromatic amines is 1. The van der Waals surface area contributed by atoms with Gasteiger partial charge in [-0.25, -0.2) is 0 Å². The summed E-state index contributed by atoms with van der Waals surface area (Å²) in [5.74, 6) is 0.189. The first-order valence-electron chi connectivity index (χ1n) is 5.93. The summed E-state index contributed by atoms with van der Waals surface area (Å²) in [7, 11) is 0. The molecule has 0 radical (unpaired) electrons. The molecular formula is C12H18N2OS. The maximum absolute atomic E-state index is 11.8. The second-order valence-electron chi connectivity index (χ2n) is 4.66. The summed E-state index contributed by atoms with van der Waals surface area (Å²) < 4.78 is 0. The molecule has 4 heteroatoms. The molecule has 1 aromatic heterocycles. The number of nitrogens with one attached hydrogen (secondary N) is 1. The SMILES string of the molecule is CC(C)c1n[nH]c(SC2CCCC2)cc1=O. The fourth-order valence-corrected chi connectivity index (χ4v) is 3.26. The van der Waals surface area contributed by atoms with Gasteiger partial charge in [-0.15, -0.1) is 11.8 Å². The molecule has 0 aliphatic heterocycles. The van der Waals surface area contributed by atoms with E-state index in [1.165, 1.54) is 25.7 Å². The lowest BCUT2D eigenvalue weighted by Crippen LogP contribution is -2.14. The summed E-state index contributed by atoms with van der Waals surface area (Å²) in [5.41, 5.74) is 0.699. The molecule has 1 aliphatic carbocycles. The van der Waals surface area contributed by atoms with Crippen LogP contribution < -0.4 is 5.43 Å². The van der Waals surface area contributed by atoms with Crippen LogP contribution in [-0.4, -0.2) is 15.4 Å². The van der Waals surface area contributed by atoms with Crippen LogP contribution in [0.25, 0.3) is 0 Å². The third-order valence-electron chi connectivity index (χ3n) is 2.94. The minimum atomic E-state index is 0.0641. The molecule has 0 unspecified atom stereocenters. The molecule has 16 heavy (non-hydrogen) atoms. The molecule has 1 aromatic rings. The van der Waals surface area contributed by atoms with E-state index < -0.39 is 0 Å². The van der Waals surface area contributed by atoms with Gasteiger partial charge < -0.3 is 0 Å². The predicted octanol–water partition coefficient (Wildman–Crippen LogP) is 2.93. The summed E-state index contributed by atoms with van der Waals surface area (Å²) in [6.45, 7) is 3.97. The predicted molar refractivity (Wildman–Crippen MR) is 67.1 cm³/mol. The van der Waals surface area contributed by atoms with Gasteiger partial charge in [-0.3, -0.25) is 9.89 Å². The monoisotopic (exact) mass is 238 g/mol. The van der Waals surface area contributed by atoms with Gasteiger partial charge >= 0.3 is 0 Å². The fraction of sp³-hybridized carbons (Fsp3) is 0.667. The second kappa shape index (κ2) is 5.04. The van der Waals surface area contributed by atoms with Crippen molar-refractivity contribution in [3.63, 3.8) is 0 Å². The molecule has 0 bridgehead atoms. The molecule has 0 atom stereocenters. The van der Waals surface area contributed by atoms with E-state index >= 15 is 0 Å². The number of hydrogen-bond acceptors (Lipinski definition) is 3. The molecule has 1 heterocycles. The van der Waals surface area contributed by atoms with Crippen LogP contribution in [0.1, 0.15) is 51.1 Å². The lowest BCUT2D eigenvalue weighted by molar-refractivity contribution is 0.749. The van der Waals surface area contributed by atoms with E-state index in [1.54, 1.807) is 17.8 Å². The normalized spacial score (nSPS) is 17.2. The quantitative estimate of drug-likeness (QED) is 0.880. The minimum Gasteiger partial charge on any atom is -0.288 e.